The Kier molecular flexibility index (Phi) is 5.60. The summed E-state index contributed by atoms with van der Waals surface area (Å²) in [5.41, 5.74) is -0.441. The fraction of sp³-hybridized carbons (Fsp3) is 0.700. The molecule has 1 atom stereocenters. The SMILES string of the molecule is CC(C)(C)OC(=O)N1CCCC(CNc2nc3c(cnn3C(C)(C)C)c(=O)[nH]2)C1. The number of likely N-dealkylation sites (tertiary alicyclic amines) is 1. The highest BCUT2D eigenvalue weighted by atomic mass is 16.6. The first-order valence-corrected chi connectivity index (χ1v) is 10.1. The lowest BCUT2D eigenvalue weighted by atomic mass is 9.98. The van der Waals surface area contributed by atoms with Crippen molar-refractivity contribution in [3.05, 3.63) is 16.6 Å². The molecule has 9 nitrogen and oxygen atoms in total. The lowest BCUT2D eigenvalue weighted by molar-refractivity contribution is 0.0172. The third-order valence-electron chi connectivity index (χ3n) is 4.80. The summed E-state index contributed by atoms with van der Waals surface area (Å²) in [6.07, 6.45) is 3.20. The molecule has 3 heterocycles. The van der Waals surface area contributed by atoms with Gasteiger partial charge in [0.2, 0.25) is 5.95 Å². The first-order chi connectivity index (χ1) is 13.4. The molecule has 0 aliphatic carbocycles. The van der Waals surface area contributed by atoms with E-state index in [-0.39, 0.29) is 23.1 Å². The molecular formula is C20H32N6O3. The van der Waals surface area contributed by atoms with E-state index < -0.39 is 5.60 Å². The normalized spacial score (nSPS) is 18.1. The maximum absolute atomic E-state index is 12.4. The van der Waals surface area contributed by atoms with Crippen molar-refractivity contribution in [1.29, 1.82) is 0 Å². The number of piperidine rings is 1. The first-order valence-electron chi connectivity index (χ1n) is 10.1. The van der Waals surface area contributed by atoms with E-state index in [0.717, 1.165) is 12.8 Å². The van der Waals surface area contributed by atoms with E-state index >= 15 is 0 Å². The van der Waals surface area contributed by atoms with Gasteiger partial charge in [-0.1, -0.05) is 0 Å². The second kappa shape index (κ2) is 7.68. The quantitative estimate of drug-likeness (QED) is 0.815. The number of fused-ring (bicyclic) bond motifs is 1. The Labute approximate surface area is 170 Å². The number of aromatic amines is 1. The van der Waals surface area contributed by atoms with Crippen LogP contribution in [0.3, 0.4) is 0 Å². The van der Waals surface area contributed by atoms with Gasteiger partial charge in [-0.05, 0) is 60.3 Å². The number of carbonyl (C=O) groups excluding carboxylic acids is 1. The predicted molar refractivity (Wildman–Crippen MR) is 112 cm³/mol. The summed E-state index contributed by atoms with van der Waals surface area (Å²) in [5, 5.41) is 8.03. The summed E-state index contributed by atoms with van der Waals surface area (Å²) >= 11 is 0. The van der Waals surface area contributed by atoms with Gasteiger partial charge in [-0.3, -0.25) is 9.78 Å². The Balaban J connectivity index is 1.69. The molecule has 0 saturated carbocycles. The largest absolute Gasteiger partial charge is 0.444 e. The number of anilines is 1. The molecule has 2 N–H and O–H groups in total. The third kappa shape index (κ3) is 5.07. The molecule has 3 rings (SSSR count). The van der Waals surface area contributed by atoms with Crippen molar-refractivity contribution in [1.82, 2.24) is 24.6 Å². The van der Waals surface area contributed by atoms with Gasteiger partial charge in [-0.15, -0.1) is 0 Å². The standard InChI is InChI=1S/C20H32N6O3/c1-19(2,3)26-15-14(11-22-26)16(27)24-17(23-15)21-10-13-8-7-9-25(12-13)18(28)29-20(4,5)6/h11,13H,7-10,12H2,1-6H3,(H2,21,23,24,27). The highest BCUT2D eigenvalue weighted by Crippen LogP contribution is 2.21. The fourth-order valence-electron chi connectivity index (χ4n) is 3.46. The number of hydrogen-bond donors (Lipinski definition) is 2. The van der Waals surface area contributed by atoms with Crippen molar-refractivity contribution in [2.75, 3.05) is 25.0 Å². The predicted octanol–water partition coefficient (Wildman–Crippen LogP) is 2.93. The van der Waals surface area contributed by atoms with Crippen LogP contribution in [-0.2, 0) is 10.3 Å². The summed E-state index contributed by atoms with van der Waals surface area (Å²) in [5.74, 6) is 0.674. The maximum Gasteiger partial charge on any atom is 0.410 e. The van der Waals surface area contributed by atoms with E-state index in [1.165, 1.54) is 0 Å². The lowest BCUT2D eigenvalue weighted by Gasteiger charge is -2.34. The van der Waals surface area contributed by atoms with Gasteiger partial charge in [0.05, 0.1) is 11.7 Å². The van der Waals surface area contributed by atoms with E-state index in [0.29, 0.717) is 36.6 Å². The van der Waals surface area contributed by atoms with Crippen LogP contribution in [0.4, 0.5) is 10.7 Å². The number of nitrogens with zero attached hydrogens (tertiary/aromatic N) is 4. The van der Waals surface area contributed by atoms with E-state index in [1.807, 2.05) is 41.5 Å². The maximum atomic E-state index is 12.4. The summed E-state index contributed by atoms with van der Waals surface area (Å²) in [6, 6.07) is 0. The van der Waals surface area contributed by atoms with Crippen molar-refractivity contribution >= 4 is 23.1 Å². The summed E-state index contributed by atoms with van der Waals surface area (Å²) < 4.78 is 7.24. The van der Waals surface area contributed by atoms with E-state index in [1.54, 1.807) is 15.8 Å². The zero-order valence-electron chi connectivity index (χ0n) is 18.2. The van der Waals surface area contributed by atoms with Crippen LogP contribution in [0.25, 0.3) is 11.0 Å². The van der Waals surface area contributed by atoms with Crippen LogP contribution in [-0.4, -0.2) is 56.0 Å². The van der Waals surface area contributed by atoms with Gasteiger partial charge in [-0.2, -0.15) is 10.1 Å². The smallest absolute Gasteiger partial charge is 0.410 e. The zero-order chi connectivity index (χ0) is 21.4. The van der Waals surface area contributed by atoms with Crippen molar-refractivity contribution in [3.63, 3.8) is 0 Å². The molecule has 29 heavy (non-hydrogen) atoms. The molecule has 1 saturated heterocycles. The minimum Gasteiger partial charge on any atom is -0.444 e. The minimum atomic E-state index is -0.503. The number of ether oxygens (including phenoxy) is 1. The van der Waals surface area contributed by atoms with Gasteiger partial charge in [0.15, 0.2) is 5.65 Å². The molecule has 1 aliphatic rings. The van der Waals surface area contributed by atoms with E-state index in [2.05, 4.69) is 20.4 Å². The van der Waals surface area contributed by atoms with Crippen LogP contribution in [0.15, 0.2) is 11.0 Å². The molecule has 1 fully saturated rings. The van der Waals surface area contributed by atoms with Crippen molar-refractivity contribution < 1.29 is 9.53 Å². The minimum absolute atomic E-state index is 0.216. The summed E-state index contributed by atoms with van der Waals surface area (Å²) in [6.45, 7) is 13.6. The van der Waals surface area contributed by atoms with E-state index in [4.69, 9.17) is 4.74 Å². The second-order valence-corrected chi connectivity index (χ2v) is 9.69. The topological polar surface area (TPSA) is 105 Å². The highest BCUT2D eigenvalue weighted by Gasteiger charge is 2.28. The Bertz CT molecular complexity index is 934. The van der Waals surface area contributed by atoms with Gasteiger partial charge in [0, 0.05) is 19.6 Å². The van der Waals surface area contributed by atoms with Crippen molar-refractivity contribution in [2.24, 2.45) is 5.92 Å². The molecule has 1 aliphatic heterocycles. The fourth-order valence-corrected chi connectivity index (χ4v) is 3.46. The van der Waals surface area contributed by atoms with Crippen LogP contribution in [0.2, 0.25) is 0 Å². The molecular weight excluding hydrogens is 372 g/mol. The Morgan fingerprint density at radius 1 is 1.31 bits per heavy atom. The molecule has 2 aromatic heterocycles. The molecule has 0 spiro atoms. The van der Waals surface area contributed by atoms with Crippen LogP contribution in [0.1, 0.15) is 54.4 Å². The van der Waals surface area contributed by atoms with Crippen molar-refractivity contribution in [3.8, 4) is 0 Å². The monoisotopic (exact) mass is 404 g/mol. The number of nitrogens with one attached hydrogen (secondary N) is 2. The second-order valence-electron chi connectivity index (χ2n) is 9.69. The number of H-pyrrole nitrogens is 1. The molecule has 2 aromatic rings. The molecule has 0 bridgehead atoms. The van der Waals surface area contributed by atoms with Crippen molar-refractivity contribution in [2.45, 2.75) is 65.5 Å². The van der Waals surface area contributed by atoms with Gasteiger partial charge in [-0.25, -0.2) is 9.48 Å². The molecule has 160 valence electrons. The highest BCUT2D eigenvalue weighted by molar-refractivity contribution is 5.74. The van der Waals surface area contributed by atoms with Crippen LogP contribution >= 0.6 is 0 Å². The third-order valence-corrected chi connectivity index (χ3v) is 4.80. The van der Waals surface area contributed by atoms with Crippen LogP contribution in [0.5, 0.6) is 0 Å². The molecule has 1 amide bonds. The summed E-state index contributed by atoms with van der Waals surface area (Å²) in [4.78, 5) is 33.9. The van der Waals surface area contributed by atoms with Gasteiger partial charge >= 0.3 is 6.09 Å². The Morgan fingerprint density at radius 2 is 2.03 bits per heavy atom. The average Bonchev–Trinajstić information content (AvgIpc) is 3.03. The molecule has 1 unspecified atom stereocenters. The lowest BCUT2D eigenvalue weighted by Crippen LogP contribution is -2.44. The number of amides is 1. The number of aromatic nitrogens is 4. The molecule has 9 heteroatoms. The van der Waals surface area contributed by atoms with Crippen LogP contribution in [0, 0.1) is 5.92 Å². The Hall–Kier alpha value is -2.58. The molecule has 0 radical (unpaired) electrons. The summed E-state index contributed by atoms with van der Waals surface area (Å²) in [7, 11) is 0. The number of carbonyl (C=O) groups is 1. The van der Waals surface area contributed by atoms with Gasteiger partial charge in [0.1, 0.15) is 11.0 Å². The number of hydrogen-bond acceptors (Lipinski definition) is 6. The first kappa shape index (κ1) is 21.1. The van der Waals surface area contributed by atoms with Gasteiger partial charge < -0.3 is 15.0 Å². The number of rotatable bonds is 3. The van der Waals surface area contributed by atoms with E-state index in [9.17, 15) is 9.59 Å². The zero-order valence-corrected chi connectivity index (χ0v) is 18.2. The molecule has 0 aromatic carbocycles. The Morgan fingerprint density at radius 3 is 2.69 bits per heavy atom. The van der Waals surface area contributed by atoms with Gasteiger partial charge in [0.25, 0.3) is 5.56 Å². The average molecular weight is 405 g/mol. The van der Waals surface area contributed by atoms with Crippen LogP contribution < -0.4 is 10.9 Å².